The normalized spacial score (nSPS) is 13.0. The molecule has 0 aliphatic heterocycles. The van der Waals surface area contributed by atoms with Gasteiger partial charge in [-0.25, -0.2) is 4.79 Å². The topological polar surface area (TPSA) is 67.6 Å². The molecule has 0 aliphatic rings. The van der Waals surface area contributed by atoms with Gasteiger partial charge in [-0.2, -0.15) is 0 Å². The predicted octanol–water partition coefficient (Wildman–Crippen LogP) is 2.92. The van der Waals surface area contributed by atoms with Crippen LogP contribution in [0.15, 0.2) is 11.4 Å². The lowest BCUT2D eigenvalue weighted by atomic mass is 10.1. The molecule has 5 nitrogen and oxygen atoms in total. The molecule has 0 aromatic carbocycles. The van der Waals surface area contributed by atoms with Crippen LogP contribution < -0.4 is 11.1 Å². The molecule has 1 unspecified atom stereocenters. The Kier molecular flexibility index (Phi) is 6.48. The van der Waals surface area contributed by atoms with Crippen LogP contribution in [0.1, 0.15) is 32.6 Å². The van der Waals surface area contributed by atoms with Gasteiger partial charge in [0, 0.05) is 30.7 Å². The maximum atomic E-state index is 11.9. The van der Waals surface area contributed by atoms with Crippen LogP contribution in [-0.2, 0) is 11.3 Å². The average Bonchev–Trinajstić information content (AvgIpc) is 2.73. The molecule has 0 bridgehead atoms. The van der Waals surface area contributed by atoms with E-state index in [4.69, 9.17) is 10.5 Å². The maximum Gasteiger partial charge on any atom is 0.410 e. The first-order chi connectivity index (χ1) is 9.69. The van der Waals surface area contributed by atoms with Crippen LogP contribution >= 0.6 is 11.3 Å². The Morgan fingerprint density at radius 2 is 2.19 bits per heavy atom. The number of carbonyl (C=O) groups is 1. The highest BCUT2D eigenvalue weighted by atomic mass is 32.1. The zero-order chi connectivity index (χ0) is 16.0. The molecule has 21 heavy (non-hydrogen) atoms. The van der Waals surface area contributed by atoms with Crippen LogP contribution in [0.2, 0.25) is 0 Å². The molecule has 1 rings (SSSR count). The number of amides is 1. The Labute approximate surface area is 131 Å². The highest BCUT2D eigenvalue weighted by molar-refractivity contribution is 7.10. The van der Waals surface area contributed by atoms with Gasteiger partial charge in [0.15, 0.2) is 0 Å². The summed E-state index contributed by atoms with van der Waals surface area (Å²) >= 11 is 1.65. The number of hydrogen-bond donors (Lipinski definition) is 2. The van der Waals surface area contributed by atoms with Crippen LogP contribution in [0.25, 0.3) is 0 Å². The third kappa shape index (κ3) is 6.82. The quantitative estimate of drug-likeness (QED) is 0.847. The Morgan fingerprint density at radius 3 is 2.71 bits per heavy atom. The number of anilines is 1. The molecule has 0 aliphatic carbocycles. The molecule has 0 spiro atoms. The maximum absolute atomic E-state index is 11.9. The number of rotatable bonds is 6. The van der Waals surface area contributed by atoms with Gasteiger partial charge < -0.3 is 20.7 Å². The second-order valence-electron chi connectivity index (χ2n) is 6.40. The van der Waals surface area contributed by atoms with E-state index in [1.165, 1.54) is 0 Å². The lowest BCUT2D eigenvalue weighted by molar-refractivity contribution is 0.0277. The van der Waals surface area contributed by atoms with Gasteiger partial charge in [-0.1, -0.05) is 6.92 Å². The number of nitrogens with one attached hydrogen (secondary N) is 1. The number of nitrogen functional groups attached to an aromatic ring is 1. The molecular formula is C15H27N3O2S. The molecule has 0 saturated heterocycles. The van der Waals surface area contributed by atoms with E-state index < -0.39 is 5.60 Å². The van der Waals surface area contributed by atoms with Crippen molar-refractivity contribution in [1.82, 2.24) is 10.2 Å². The summed E-state index contributed by atoms with van der Waals surface area (Å²) in [5, 5.41) is 5.36. The molecule has 1 aromatic heterocycles. The third-order valence-corrected chi connectivity index (χ3v) is 3.79. The first kappa shape index (κ1) is 17.8. The summed E-state index contributed by atoms with van der Waals surface area (Å²) in [6.07, 6.45) is -0.281. The lowest BCUT2D eigenvalue weighted by Gasteiger charge is -2.26. The van der Waals surface area contributed by atoms with Gasteiger partial charge in [0.1, 0.15) is 5.60 Å². The van der Waals surface area contributed by atoms with Crippen molar-refractivity contribution in [3.05, 3.63) is 16.3 Å². The molecule has 6 heteroatoms. The van der Waals surface area contributed by atoms with Crippen molar-refractivity contribution >= 4 is 23.1 Å². The van der Waals surface area contributed by atoms with Gasteiger partial charge in [-0.15, -0.1) is 11.3 Å². The van der Waals surface area contributed by atoms with Gasteiger partial charge in [0.2, 0.25) is 0 Å². The predicted molar refractivity (Wildman–Crippen MR) is 88.5 cm³/mol. The fourth-order valence-electron chi connectivity index (χ4n) is 1.87. The van der Waals surface area contributed by atoms with E-state index in [2.05, 4.69) is 12.2 Å². The van der Waals surface area contributed by atoms with Crippen molar-refractivity contribution in [2.45, 2.75) is 39.8 Å². The summed E-state index contributed by atoms with van der Waals surface area (Å²) in [6, 6.07) is 1.92. The third-order valence-electron chi connectivity index (χ3n) is 2.85. The molecule has 0 radical (unpaired) electrons. The van der Waals surface area contributed by atoms with Crippen molar-refractivity contribution in [3.63, 3.8) is 0 Å². The molecule has 1 aromatic rings. The number of thiophene rings is 1. The highest BCUT2D eigenvalue weighted by Crippen LogP contribution is 2.18. The van der Waals surface area contributed by atoms with Gasteiger partial charge in [0.25, 0.3) is 0 Å². The van der Waals surface area contributed by atoms with Crippen LogP contribution in [0.3, 0.4) is 0 Å². The summed E-state index contributed by atoms with van der Waals surface area (Å²) in [7, 11) is 1.77. The summed E-state index contributed by atoms with van der Waals surface area (Å²) < 4.78 is 5.33. The van der Waals surface area contributed by atoms with Gasteiger partial charge in [-0.3, -0.25) is 0 Å². The lowest BCUT2D eigenvalue weighted by Crippen LogP contribution is -2.38. The summed E-state index contributed by atoms with van der Waals surface area (Å²) in [5.74, 6) is 0.337. The van der Waals surface area contributed by atoms with Crippen molar-refractivity contribution < 1.29 is 9.53 Å². The molecule has 1 heterocycles. The number of nitrogens with two attached hydrogens (primary N) is 1. The molecule has 1 atom stereocenters. The van der Waals surface area contributed by atoms with Crippen LogP contribution in [0.5, 0.6) is 0 Å². The molecular weight excluding hydrogens is 286 g/mol. The smallest absolute Gasteiger partial charge is 0.410 e. The fraction of sp³-hybridized carbons (Fsp3) is 0.667. The molecule has 1 amide bonds. The average molecular weight is 313 g/mol. The highest BCUT2D eigenvalue weighted by Gasteiger charge is 2.20. The Hall–Kier alpha value is -1.27. The second-order valence-corrected chi connectivity index (χ2v) is 7.40. The molecule has 0 fully saturated rings. The van der Waals surface area contributed by atoms with Crippen molar-refractivity contribution in [3.8, 4) is 0 Å². The van der Waals surface area contributed by atoms with E-state index >= 15 is 0 Å². The summed E-state index contributed by atoms with van der Waals surface area (Å²) in [5.41, 5.74) is 6.22. The Morgan fingerprint density at radius 1 is 1.52 bits per heavy atom. The van der Waals surface area contributed by atoms with E-state index in [1.807, 2.05) is 32.2 Å². The van der Waals surface area contributed by atoms with Gasteiger partial charge in [0.05, 0.1) is 0 Å². The number of carbonyl (C=O) groups excluding carboxylic acids is 1. The minimum absolute atomic E-state index is 0.281. The minimum atomic E-state index is -0.455. The zero-order valence-electron chi connectivity index (χ0n) is 13.6. The largest absolute Gasteiger partial charge is 0.444 e. The first-order valence-electron chi connectivity index (χ1n) is 7.15. The fourth-order valence-corrected chi connectivity index (χ4v) is 2.64. The van der Waals surface area contributed by atoms with E-state index in [-0.39, 0.29) is 6.09 Å². The zero-order valence-corrected chi connectivity index (χ0v) is 14.4. The van der Waals surface area contributed by atoms with Crippen LogP contribution in [0.4, 0.5) is 10.5 Å². The van der Waals surface area contributed by atoms with Crippen LogP contribution in [-0.4, -0.2) is 36.7 Å². The standard InChI is InChI=1S/C15H27N3O2S/c1-11(8-17-9-13-12(16)6-7-21-13)10-18(5)14(19)20-15(2,3)4/h6-7,11,17H,8-10,16H2,1-5H3. The number of nitrogens with zero attached hydrogens (tertiary/aromatic N) is 1. The Bertz CT molecular complexity index is 454. The molecule has 120 valence electrons. The summed E-state index contributed by atoms with van der Waals surface area (Å²) in [4.78, 5) is 14.6. The second kappa shape index (κ2) is 7.66. The van der Waals surface area contributed by atoms with Gasteiger partial charge >= 0.3 is 6.09 Å². The molecule has 0 saturated carbocycles. The van der Waals surface area contributed by atoms with E-state index in [0.717, 1.165) is 23.7 Å². The van der Waals surface area contributed by atoms with Gasteiger partial charge in [-0.05, 0) is 44.7 Å². The molecule has 3 N–H and O–H groups in total. The minimum Gasteiger partial charge on any atom is -0.444 e. The van der Waals surface area contributed by atoms with Crippen LogP contribution in [0, 0.1) is 5.92 Å². The van der Waals surface area contributed by atoms with E-state index in [1.54, 1.807) is 23.3 Å². The van der Waals surface area contributed by atoms with E-state index in [9.17, 15) is 4.79 Å². The summed E-state index contributed by atoms with van der Waals surface area (Å²) in [6.45, 7) is 9.96. The first-order valence-corrected chi connectivity index (χ1v) is 8.03. The Balaban J connectivity index is 2.28. The van der Waals surface area contributed by atoms with Crippen molar-refractivity contribution in [2.24, 2.45) is 5.92 Å². The number of ether oxygens (including phenoxy) is 1. The monoisotopic (exact) mass is 313 g/mol. The van der Waals surface area contributed by atoms with E-state index in [0.29, 0.717) is 12.5 Å². The SMILES string of the molecule is CC(CNCc1sccc1N)CN(C)C(=O)OC(C)(C)C. The van der Waals surface area contributed by atoms with Crippen molar-refractivity contribution in [2.75, 3.05) is 25.9 Å². The number of hydrogen-bond acceptors (Lipinski definition) is 5. The van der Waals surface area contributed by atoms with Crippen molar-refractivity contribution in [1.29, 1.82) is 0 Å².